The third-order valence-electron chi connectivity index (χ3n) is 3.57. The third kappa shape index (κ3) is 2.87. The van der Waals surface area contributed by atoms with Gasteiger partial charge in [0.05, 0.1) is 6.61 Å². The molecule has 1 saturated heterocycles. The number of benzene rings is 1. The second-order valence-electron chi connectivity index (χ2n) is 4.82. The van der Waals surface area contributed by atoms with Gasteiger partial charge in [-0.1, -0.05) is 22.0 Å². The minimum atomic E-state index is -0.444. The van der Waals surface area contributed by atoms with Crippen molar-refractivity contribution in [3.8, 4) is 0 Å². The predicted octanol–water partition coefficient (Wildman–Crippen LogP) is 2.93. The smallest absolute Gasteiger partial charge is 0.328 e. The van der Waals surface area contributed by atoms with Crippen LogP contribution in [0, 0.1) is 6.92 Å². The van der Waals surface area contributed by atoms with E-state index in [-0.39, 0.29) is 11.9 Å². The Morgan fingerprint density at radius 2 is 2.20 bits per heavy atom. The summed E-state index contributed by atoms with van der Waals surface area (Å²) >= 11 is 3.43. The highest BCUT2D eigenvalue weighted by atomic mass is 79.9. The quantitative estimate of drug-likeness (QED) is 0.795. The number of amides is 1. The van der Waals surface area contributed by atoms with Crippen molar-refractivity contribution in [2.24, 2.45) is 0 Å². The van der Waals surface area contributed by atoms with Crippen LogP contribution in [0.15, 0.2) is 22.7 Å². The lowest BCUT2D eigenvalue weighted by molar-refractivity contribution is -0.147. The zero-order chi connectivity index (χ0) is 14.7. The van der Waals surface area contributed by atoms with Gasteiger partial charge in [-0.3, -0.25) is 4.79 Å². The number of halogens is 1. The molecule has 0 N–H and O–H groups in total. The molecule has 1 aromatic carbocycles. The molecule has 1 atom stereocenters. The molecule has 1 aromatic rings. The standard InChI is InChI=1S/C15H18BrNO3/c1-3-20-15(19)13-8-5-9-17(13)14(18)11-6-4-7-12(16)10(11)2/h4,6-7,13H,3,5,8-9H2,1-2H3. The molecule has 0 radical (unpaired) electrons. The number of rotatable bonds is 3. The first kappa shape index (κ1) is 15.0. The number of carbonyl (C=O) groups is 2. The number of likely N-dealkylation sites (tertiary alicyclic amines) is 1. The van der Waals surface area contributed by atoms with E-state index < -0.39 is 6.04 Å². The number of nitrogens with zero attached hydrogens (tertiary/aromatic N) is 1. The van der Waals surface area contributed by atoms with Crippen LogP contribution in [0.25, 0.3) is 0 Å². The fourth-order valence-corrected chi connectivity index (χ4v) is 2.85. The normalized spacial score (nSPS) is 18.1. The molecule has 0 spiro atoms. The van der Waals surface area contributed by atoms with Crippen LogP contribution >= 0.6 is 15.9 Å². The van der Waals surface area contributed by atoms with Crippen molar-refractivity contribution < 1.29 is 14.3 Å². The fourth-order valence-electron chi connectivity index (χ4n) is 2.49. The molecule has 20 heavy (non-hydrogen) atoms. The Morgan fingerprint density at radius 3 is 2.90 bits per heavy atom. The van der Waals surface area contributed by atoms with Gasteiger partial charge in [0, 0.05) is 16.6 Å². The second kappa shape index (κ2) is 6.39. The van der Waals surface area contributed by atoms with E-state index in [2.05, 4.69) is 15.9 Å². The molecule has 4 nitrogen and oxygen atoms in total. The molecule has 1 fully saturated rings. The van der Waals surface area contributed by atoms with E-state index in [1.165, 1.54) is 0 Å². The van der Waals surface area contributed by atoms with E-state index in [1.807, 2.05) is 19.1 Å². The first-order valence-electron chi connectivity index (χ1n) is 6.79. The molecule has 1 heterocycles. The Labute approximate surface area is 127 Å². The Kier molecular flexibility index (Phi) is 4.81. The van der Waals surface area contributed by atoms with E-state index in [1.54, 1.807) is 17.9 Å². The molecule has 0 aliphatic carbocycles. The van der Waals surface area contributed by atoms with Crippen LogP contribution in [0.4, 0.5) is 0 Å². The Bertz CT molecular complexity index is 530. The molecule has 2 rings (SSSR count). The molecule has 0 bridgehead atoms. The van der Waals surface area contributed by atoms with Gasteiger partial charge in [-0.25, -0.2) is 4.79 Å². The zero-order valence-electron chi connectivity index (χ0n) is 11.7. The predicted molar refractivity (Wildman–Crippen MR) is 79.6 cm³/mol. The second-order valence-corrected chi connectivity index (χ2v) is 5.68. The van der Waals surface area contributed by atoms with Crippen LogP contribution in [0.5, 0.6) is 0 Å². The number of carbonyl (C=O) groups excluding carboxylic acids is 2. The lowest BCUT2D eigenvalue weighted by atomic mass is 10.1. The maximum absolute atomic E-state index is 12.6. The maximum atomic E-state index is 12.6. The van der Waals surface area contributed by atoms with Crippen LogP contribution in [-0.2, 0) is 9.53 Å². The SMILES string of the molecule is CCOC(=O)C1CCCN1C(=O)c1cccc(Br)c1C. The average molecular weight is 340 g/mol. The van der Waals surface area contributed by atoms with Gasteiger partial charge in [0.25, 0.3) is 5.91 Å². The Morgan fingerprint density at radius 1 is 1.45 bits per heavy atom. The van der Waals surface area contributed by atoms with Crippen molar-refractivity contribution in [2.75, 3.05) is 13.2 Å². The summed E-state index contributed by atoms with van der Waals surface area (Å²) in [4.78, 5) is 26.2. The monoisotopic (exact) mass is 339 g/mol. The van der Waals surface area contributed by atoms with Gasteiger partial charge in [-0.15, -0.1) is 0 Å². The topological polar surface area (TPSA) is 46.6 Å². The minimum Gasteiger partial charge on any atom is -0.464 e. The summed E-state index contributed by atoms with van der Waals surface area (Å²) in [5.41, 5.74) is 1.53. The fraction of sp³-hybridized carbons (Fsp3) is 0.467. The minimum absolute atomic E-state index is 0.0978. The Balaban J connectivity index is 2.23. The first-order valence-corrected chi connectivity index (χ1v) is 7.58. The summed E-state index contributed by atoms with van der Waals surface area (Å²) in [6.45, 7) is 4.62. The van der Waals surface area contributed by atoms with Crippen LogP contribution in [0.2, 0.25) is 0 Å². The lowest BCUT2D eigenvalue weighted by Crippen LogP contribution is -2.41. The van der Waals surface area contributed by atoms with Crippen molar-refractivity contribution in [1.29, 1.82) is 0 Å². The highest BCUT2D eigenvalue weighted by Crippen LogP contribution is 2.25. The average Bonchev–Trinajstić information content (AvgIpc) is 2.91. The number of esters is 1. The van der Waals surface area contributed by atoms with E-state index in [9.17, 15) is 9.59 Å². The third-order valence-corrected chi connectivity index (χ3v) is 4.43. The number of hydrogen-bond donors (Lipinski definition) is 0. The van der Waals surface area contributed by atoms with Gasteiger partial charge < -0.3 is 9.64 Å². The first-order chi connectivity index (χ1) is 9.56. The summed E-state index contributed by atoms with van der Waals surface area (Å²) in [7, 11) is 0. The molecule has 0 saturated carbocycles. The highest BCUT2D eigenvalue weighted by Gasteiger charge is 2.35. The summed E-state index contributed by atoms with van der Waals surface area (Å²) in [5, 5.41) is 0. The summed E-state index contributed by atoms with van der Waals surface area (Å²) in [6, 6.07) is 5.09. The number of ether oxygens (including phenoxy) is 1. The van der Waals surface area contributed by atoms with Crippen LogP contribution in [0.3, 0.4) is 0 Å². The van der Waals surface area contributed by atoms with Crippen molar-refractivity contribution in [3.05, 3.63) is 33.8 Å². The van der Waals surface area contributed by atoms with Gasteiger partial charge in [-0.2, -0.15) is 0 Å². The lowest BCUT2D eigenvalue weighted by Gasteiger charge is -2.24. The Hall–Kier alpha value is -1.36. The maximum Gasteiger partial charge on any atom is 0.328 e. The molecule has 1 aliphatic heterocycles. The summed E-state index contributed by atoms with van der Waals surface area (Å²) in [5.74, 6) is -0.398. The van der Waals surface area contributed by atoms with Gasteiger partial charge >= 0.3 is 5.97 Å². The molecule has 5 heteroatoms. The van der Waals surface area contributed by atoms with Crippen LogP contribution in [0.1, 0.15) is 35.7 Å². The molecule has 1 aliphatic rings. The van der Waals surface area contributed by atoms with Gasteiger partial charge in [0.1, 0.15) is 6.04 Å². The zero-order valence-corrected chi connectivity index (χ0v) is 13.3. The summed E-state index contributed by atoms with van der Waals surface area (Å²) in [6.07, 6.45) is 1.51. The van der Waals surface area contributed by atoms with Gasteiger partial charge in [-0.05, 0) is 44.4 Å². The van der Waals surface area contributed by atoms with Crippen molar-refractivity contribution in [2.45, 2.75) is 32.7 Å². The molecule has 0 aromatic heterocycles. The van der Waals surface area contributed by atoms with Crippen molar-refractivity contribution in [3.63, 3.8) is 0 Å². The van der Waals surface area contributed by atoms with E-state index in [0.717, 1.165) is 16.5 Å². The van der Waals surface area contributed by atoms with Crippen molar-refractivity contribution in [1.82, 2.24) is 4.90 Å². The largest absolute Gasteiger partial charge is 0.464 e. The highest BCUT2D eigenvalue weighted by molar-refractivity contribution is 9.10. The molecule has 1 unspecified atom stereocenters. The van der Waals surface area contributed by atoms with Gasteiger partial charge in [0.15, 0.2) is 0 Å². The molecule has 108 valence electrons. The van der Waals surface area contributed by atoms with Crippen LogP contribution in [-0.4, -0.2) is 36.0 Å². The summed E-state index contributed by atoms with van der Waals surface area (Å²) < 4.78 is 5.95. The van der Waals surface area contributed by atoms with E-state index >= 15 is 0 Å². The van der Waals surface area contributed by atoms with E-state index in [4.69, 9.17) is 4.74 Å². The van der Waals surface area contributed by atoms with E-state index in [0.29, 0.717) is 25.1 Å². The number of hydrogen-bond acceptors (Lipinski definition) is 3. The van der Waals surface area contributed by atoms with Crippen LogP contribution < -0.4 is 0 Å². The molecular formula is C15H18BrNO3. The molecular weight excluding hydrogens is 322 g/mol. The van der Waals surface area contributed by atoms with Gasteiger partial charge in [0.2, 0.25) is 0 Å². The van der Waals surface area contributed by atoms with Crippen molar-refractivity contribution >= 4 is 27.8 Å². The molecule has 1 amide bonds.